The van der Waals surface area contributed by atoms with Crippen molar-refractivity contribution in [3.05, 3.63) is 12.0 Å². The van der Waals surface area contributed by atoms with Crippen LogP contribution in [0.4, 0.5) is 5.82 Å². The monoisotopic (exact) mass is 282 g/mol. The molecule has 8 nitrogen and oxygen atoms in total. The van der Waals surface area contributed by atoms with Crippen LogP contribution in [-0.4, -0.2) is 52.5 Å². The first-order valence-corrected chi connectivity index (χ1v) is 6.67. The van der Waals surface area contributed by atoms with Crippen molar-refractivity contribution in [3.8, 4) is 0 Å². The summed E-state index contributed by atoms with van der Waals surface area (Å²) in [7, 11) is 0. The third-order valence-electron chi connectivity index (χ3n) is 2.82. The molecule has 1 fully saturated rings. The van der Waals surface area contributed by atoms with Crippen molar-refractivity contribution < 1.29 is 19.0 Å². The van der Waals surface area contributed by atoms with Gasteiger partial charge in [0, 0.05) is 0 Å². The number of aromatic amines is 1. The molecule has 8 heteroatoms. The van der Waals surface area contributed by atoms with E-state index in [1.807, 2.05) is 18.5 Å². The quantitative estimate of drug-likeness (QED) is 0.491. The minimum Gasteiger partial charge on any atom is -0.461 e. The number of H-pyrrole nitrogens is 1. The minimum absolute atomic E-state index is 0.119. The molecule has 0 bridgehead atoms. The molecule has 2 rings (SSSR count). The van der Waals surface area contributed by atoms with Crippen LogP contribution in [0.1, 0.15) is 31.3 Å². The number of hydrogen-bond acceptors (Lipinski definition) is 5. The van der Waals surface area contributed by atoms with Crippen LogP contribution in [0.2, 0.25) is 0 Å². The van der Waals surface area contributed by atoms with E-state index in [-0.39, 0.29) is 17.9 Å². The number of carbonyl (C=O) groups is 1. The number of hydrogen-bond donors (Lipinski definition) is 2. The van der Waals surface area contributed by atoms with Crippen molar-refractivity contribution >= 4 is 11.8 Å². The van der Waals surface area contributed by atoms with Crippen LogP contribution >= 0.6 is 0 Å². The van der Waals surface area contributed by atoms with E-state index in [1.165, 1.54) is 6.33 Å². The molecule has 2 N–H and O–H groups in total. The van der Waals surface area contributed by atoms with E-state index < -0.39 is 5.97 Å². The normalized spacial score (nSPS) is 22.4. The number of rotatable bonds is 4. The summed E-state index contributed by atoms with van der Waals surface area (Å²) in [6.07, 6.45) is 1.66. The molecule has 0 radical (unpaired) electrons. The molecule has 2 unspecified atom stereocenters. The van der Waals surface area contributed by atoms with E-state index in [2.05, 4.69) is 20.6 Å². The predicted molar refractivity (Wildman–Crippen MR) is 70.6 cm³/mol. The average molecular weight is 282 g/mol. The van der Waals surface area contributed by atoms with Gasteiger partial charge >= 0.3 is 5.97 Å². The van der Waals surface area contributed by atoms with E-state index in [9.17, 15) is 4.79 Å². The molecular weight excluding hydrogens is 262 g/mol. The van der Waals surface area contributed by atoms with E-state index in [0.29, 0.717) is 25.5 Å². The molecule has 1 aromatic rings. The summed E-state index contributed by atoms with van der Waals surface area (Å²) in [5, 5.41) is 4.24. The highest BCUT2D eigenvalue weighted by Crippen LogP contribution is 2.12. The van der Waals surface area contributed by atoms with Crippen LogP contribution in [0.15, 0.2) is 11.6 Å². The summed E-state index contributed by atoms with van der Waals surface area (Å²) in [6.45, 7) is 7.44. The van der Waals surface area contributed by atoms with E-state index in [1.54, 1.807) is 6.92 Å². The molecule has 0 amide bonds. The van der Waals surface area contributed by atoms with Crippen LogP contribution in [0.3, 0.4) is 0 Å². The lowest BCUT2D eigenvalue weighted by Gasteiger charge is -2.23. The van der Waals surface area contributed by atoms with Gasteiger partial charge in [0.2, 0.25) is 0 Å². The van der Waals surface area contributed by atoms with Crippen LogP contribution in [-0.2, 0) is 9.47 Å². The summed E-state index contributed by atoms with van der Waals surface area (Å²) >= 11 is 0. The first kappa shape index (κ1) is 14.4. The van der Waals surface area contributed by atoms with Gasteiger partial charge in [-0.15, -0.1) is 5.43 Å². The fourth-order valence-corrected chi connectivity index (χ4v) is 2.09. The fraction of sp³-hybridized carbons (Fsp3) is 0.667. The smallest absolute Gasteiger partial charge is 0.361 e. The molecule has 1 aliphatic heterocycles. The Morgan fingerprint density at radius 1 is 1.60 bits per heavy atom. The maximum absolute atomic E-state index is 11.7. The Morgan fingerprint density at radius 3 is 2.95 bits per heavy atom. The highest BCUT2D eigenvalue weighted by Gasteiger charge is 2.24. The molecule has 0 aromatic carbocycles. The fourth-order valence-electron chi connectivity index (χ4n) is 2.09. The maximum Gasteiger partial charge on any atom is 0.361 e. The molecule has 1 aliphatic rings. The number of morpholine rings is 1. The highest BCUT2D eigenvalue weighted by atomic mass is 16.5. The zero-order valence-corrected chi connectivity index (χ0v) is 11.9. The summed E-state index contributed by atoms with van der Waals surface area (Å²) in [6, 6.07) is 0. The average Bonchev–Trinajstić information content (AvgIpc) is 2.84. The van der Waals surface area contributed by atoms with Crippen molar-refractivity contribution in [3.63, 3.8) is 0 Å². The number of nitrogens with one attached hydrogen (secondary N) is 2. The summed E-state index contributed by atoms with van der Waals surface area (Å²) in [5.41, 5.74) is 3.06. The topological polar surface area (TPSA) is 91.6 Å². The molecule has 1 aromatic heterocycles. The SMILES string of the molecule is CCOC(=O)c1[nH]cnc1NN=[N+]1CC(C)OC(C)C1. The van der Waals surface area contributed by atoms with Crippen LogP contribution in [0.25, 0.3) is 0 Å². The summed E-state index contributed by atoms with van der Waals surface area (Å²) in [5.74, 6) is -0.0957. The molecule has 110 valence electrons. The van der Waals surface area contributed by atoms with E-state index in [4.69, 9.17) is 9.47 Å². The van der Waals surface area contributed by atoms with E-state index >= 15 is 0 Å². The molecule has 20 heavy (non-hydrogen) atoms. The van der Waals surface area contributed by atoms with Gasteiger partial charge in [0.15, 0.2) is 5.69 Å². The minimum atomic E-state index is -0.452. The van der Waals surface area contributed by atoms with Gasteiger partial charge in [-0.2, -0.15) is 9.68 Å². The largest absolute Gasteiger partial charge is 0.461 e. The molecular formula is C12H20N5O3+. The van der Waals surface area contributed by atoms with Gasteiger partial charge in [-0.3, -0.25) is 0 Å². The van der Waals surface area contributed by atoms with Crippen molar-refractivity contribution in [2.24, 2.45) is 5.22 Å². The molecule has 0 spiro atoms. The number of anilines is 1. The van der Waals surface area contributed by atoms with Gasteiger partial charge in [-0.1, -0.05) is 0 Å². The van der Waals surface area contributed by atoms with Crippen LogP contribution < -0.4 is 5.43 Å². The van der Waals surface area contributed by atoms with Crippen LogP contribution in [0, 0.1) is 0 Å². The number of ether oxygens (including phenoxy) is 2. The highest BCUT2D eigenvalue weighted by molar-refractivity contribution is 5.92. The number of esters is 1. The predicted octanol–water partition coefficient (Wildman–Crippen LogP) is 1.19. The lowest BCUT2D eigenvalue weighted by molar-refractivity contribution is -0.624. The van der Waals surface area contributed by atoms with E-state index in [0.717, 1.165) is 0 Å². The number of aromatic nitrogens is 2. The standard InChI is InChI=1S/C12H19N5O3/c1-4-19-12(18)10-11(14-7-13-10)15-16-17-5-8(2)20-9(3)6-17/h7-9H,4-6H2,1-3H3,(H,13,14,16,18)/p+1. The zero-order chi connectivity index (χ0) is 14.5. The third-order valence-corrected chi connectivity index (χ3v) is 2.82. The Morgan fingerprint density at radius 2 is 2.30 bits per heavy atom. The van der Waals surface area contributed by atoms with Crippen molar-refractivity contribution in [2.75, 3.05) is 25.1 Å². The second-order valence-electron chi connectivity index (χ2n) is 4.69. The second-order valence-corrected chi connectivity index (χ2v) is 4.69. The number of carbonyl (C=O) groups excluding carboxylic acids is 1. The first-order chi connectivity index (χ1) is 9.60. The lowest BCUT2D eigenvalue weighted by atomic mass is 10.3. The Kier molecular flexibility index (Phi) is 4.67. The Bertz CT molecular complexity index is 487. The third kappa shape index (κ3) is 3.53. The van der Waals surface area contributed by atoms with Crippen molar-refractivity contribution in [1.29, 1.82) is 0 Å². The molecule has 0 saturated carbocycles. The molecule has 1 saturated heterocycles. The Labute approximate surface area is 117 Å². The van der Waals surface area contributed by atoms with Gasteiger partial charge in [-0.05, 0) is 20.8 Å². The van der Waals surface area contributed by atoms with Crippen molar-refractivity contribution in [2.45, 2.75) is 33.0 Å². The van der Waals surface area contributed by atoms with Crippen LogP contribution in [0.5, 0.6) is 0 Å². The maximum atomic E-state index is 11.7. The summed E-state index contributed by atoms with van der Waals surface area (Å²) < 4.78 is 12.4. The van der Waals surface area contributed by atoms with Gasteiger partial charge in [0.25, 0.3) is 5.82 Å². The van der Waals surface area contributed by atoms with Gasteiger partial charge in [0.05, 0.1) is 30.4 Å². The zero-order valence-electron chi connectivity index (χ0n) is 11.9. The molecule has 0 aliphatic carbocycles. The van der Waals surface area contributed by atoms with Gasteiger partial charge < -0.3 is 14.5 Å². The second kappa shape index (κ2) is 6.47. The van der Waals surface area contributed by atoms with Gasteiger partial charge in [0.1, 0.15) is 13.1 Å². The lowest BCUT2D eigenvalue weighted by Crippen LogP contribution is -2.39. The molecule has 2 heterocycles. The molecule has 2 atom stereocenters. The first-order valence-electron chi connectivity index (χ1n) is 6.67. The van der Waals surface area contributed by atoms with Crippen molar-refractivity contribution in [1.82, 2.24) is 9.97 Å². The number of imidazole rings is 1. The number of nitrogens with zero attached hydrogens (tertiary/aromatic N) is 3. The Balaban J connectivity index is 2.03. The Hall–Kier alpha value is -1.96. The van der Waals surface area contributed by atoms with Gasteiger partial charge in [-0.25, -0.2) is 4.79 Å². The summed E-state index contributed by atoms with van der Waals surface area (Å²) in [4.78, 5) is 18.4.